The van der Waals surface area contributed by atoms with Gasteiger partial charge in [-0.25, -0.2) is 0 Å². The van der Waals surface area contributed by atoms with E-state index in [4.69, 9.17) is 14.6 Å². The molecule has 1 aliphatic rings. The molecule has 0 amide bonds. The van der Waals surface area contributed by atoms with Crippen molar-refractivity contribution in [3.8, 4) is 11.5 Å². The standard InChI is InChI=1S/C17H25NO4.ClH/c1-21-15-8-9-16(22-2)13(11-15)12-18(14-6-7-14)10-4-3-5-17(19)20;/h8-9,11,14H,3-7,10,12H2,1-2H3,(H,19,20);1H. The van der Waals surface area contributed by atoms with Crippen molar-refractivity contribution in [2.45, 2.75) is 44.7 Å². The molecule has 0 saturated heterocycles. The van der Waals surface area contributed by atoms with E-state index in [0.29, 0.717) is 6.04 Å². The minimum atomic E-state index is -0.715. The number of carboxylic acid groups (broad SMARTS) is 1. The van der Waals surface area contributed by atoms with Crippen molar-refractivity contribution in [1.82, 2.24) is 4.90 Å². The SMILES string of the molecule is COc1ccc(OC)c(CN(CCCCC(=O)O)C2CC2)c1.Cl. The van der Waals surface area contributed by atoms with E-state index in [1.54, 1.807) is 14.2 Å². The molecule has 23 heavy (non-hydrogen) atoms. The predicted molar refractivity (Wildman–Crippen MR) is 91.7 cm³/mol. The van der Waals surface area contributed by atoms with Gasteiger partial charge >= 0.3 is 5.97 Å². The van der Waals surface area contributed by atoms with Gasteiger partial charge in [0.15, 0.2) is 0 Å². The van der Waals surface area contributed by atoms with E-state index in [9.17, 15) is 4.79 Å². The molecule has 0 radical (unpaired) electrons. The summed E-state index contributed by atoms with van der Waals surface area (Å²) in [5, 5.41) is 8.72. The third-order valence-corrected chi connectivity index (χ3v) is 4.01. The summed E-state index contributed by atoms with van der Waals surface area (Å²) in [6.07, 6.45) is 4.35. The molecular weight excluding hydrogens is 318 g/mol. The summed E-state index contributed by atoms with van der Waals surface area (Å²) in [6.45, 7) is 1.75. The number of aliphatic carboxylic acids is 1. The van der Waals surface area contributed by atoms with Crippen molar-refractivity contribution in [2.75, 3.05) is 20.8 Å². The molecule has 1 saturated carbocycles. The number of carboxylic acids is 1. The van der Waals surface area contributed by atoms with Crippen molar-refractivity contribution in [2.24, 2.45) is 0 Å². The van der Waals surface area contributed by atoms with E-state index in [-0.39, 0.29) is 18.8 Å². The van der Waals surface area contributed by atoms with Crippen LogP contribution in [0.2, 0.25) is 0 Å². The number of nitrogens with zero attached hydrogens (tertiary/aromatic N) is 1. The minimum Gasteiger partial charge on any atom is -0.497 e. The molecule has 0 aliphatic heterocycles. The zero-order valence-electron chi connectivity index (χ0n) is 13.8. The van der Waals surface area contributed by atoms with Crippen molar-refractivity contribution >= 4 is 18.4 Å². The number of ether oxygens (including phenoxy) is 2. The number of carbonyl (C=O) groups is 1. The number of rotatable bonds is 10. The Kier molecular flexibility index (Phi) is 8.20. The van der Waals surface area contributed by atoms with E-state index in [1.165, 1.54) is 12.8 Å². The Labute approximate surface area is 144 Å². The maximum Gasteiger partial charge on any atom is 0.303 e. The maximum absolute atomic E-state index is 10.6. The van der Waals surface area contributed by atoms with Gasteiger partial charge in [0.1, 0.15) is 11.5 Å². The van der Waals surface area contributed by atoms with E-state index in [1.807, 2.05) is 18.2 Å². The summed E-state index contributed by atoms with van der Waals surface area (Å²) < 4.78 is 10.7. The zero-order valence-corrected chi connectivity index (χ0v) is 14.6. The Bertz CT molecular complexity index is 505. The molecule has 0 bridgehead atoms. The molecular formula is C17H26ClNO4. The van der Waals surface area contributed by atoms with Crippen LogP contribution in [0.3, 0.4) is 0 Å². The maximum atomic E-state index is 10.6. The molecule has 0 atom stereocenters. The second-order valence-corrected chi connectivity index (χ2v) is 5.73. The van der Waals surface area contributed by atoms with Crippen LogP contribution in [0, 0.1) is 0 Å². The summed E-state index contributed by atoms with van der Waals surface area (Å²) in [7, 11) is 3.34. The number of hydrogen-bond donors (Lipinski definition) is 1. The number of halogens is 1. The van der Waals surface area contributed by atoms with Crippen LogP contribution in [0.4, 0.5) is 0 Å². The molecule has 2 rings (SSSR count). The Hall–Kier alpha value is -1.46. The lowest BCUT2D eigenvalue weighted by molar-refractivity contribution is -0.137. The fraction of sp³-hybridized carbons (Fsp3) is 0.588. The fourth-order valence-corrected chi connectivity index (χ4v) is 2.65. The molecule has 0 heterocycles. The smallest absolute Gasteiger partial charge is 0.303 e. The van der Waals surface area contributed by atoms with Gasteiger partial charge in [0, 0.05) is 24.6 Å². The summed E-state index contributed by atoms with van der Waals surface area (Å²) in [4.78, 5) is 13.0. The first kappa shape index (κ1) is 19.6. The largest absolute Gasteiger partial charge is 0.497 e. The Morgan fingerprint density at radius 2 is 2.00 bits per heavy atom. The number of benzene rings is 1. The number of hydrogen-bond acceptors (Lipinski definition) is 4. The molecule has 130 valence electrons. The molecule has 0 aromatic heterocycles. The van der Waals surface area contributed by atoms with Gasteiger partial charge in [-0.2, -0.15) is 0 Å². The van der Waals surface area contributed by atoms with Crippen molar-refractivity contribution in [3.05, 3.63) is 23.8 Å². The Morgan fingerprint density at radius 3 is 2.57 bits per heavy atom. The average molecular weight is 344 g/mol. The summed E-state index contributed by atoms with van der Waals surface area (Å²) in [6, 6.07) is 6.48. The van der Waals surface area contributed by atoms with Crippen LogP contribution >= 0.6 is 12.4 Å². The van der Waals surface area contributed by atoms with Gasteiger partial charge in [0.2, 0.25) is 0 Å². The highest BCUT2D eigenvalue weighted by Crippen LogP contribution is 2.32. The van der Waals surface area contributed by atoms with Crippen LogP contribution in [-0.4, -0.2) is 42.8 Å². The van der Waals surface area contributed by atoms with E-state index in [2.05, 4.69) is 4.90 Å². The predicted octanol–water partition coefficient (Wildman–Crippen LogP) is 3.34. The Morgan fingerprint density at radius 1 is 1.26 bits per heavy atom. The number of unbranched alkanes of at least 4 members (excludes halogenated alkanes) is 1. The highest BCUT2D eigenvalue weighted by atomic mass is 35.5. The van der Waals surface area contributed by atoms with Crippen molar-refractivity contribution in [1.29, 1.82) is 0 Å². The first-order valence-corrected chi connectivity index (χ1v) is 7.80. The van der Waals surface area contributed by atoms with Crippen LogP contribution < -0.4 is 9.47 Å². The van der Waals surface area contributed by atoms with Gasteiger partial charge < -0.3 is 14.6 Å². The summed E-state index contributed by atoms with van der Waals surface area (Å²) in [5.74, 6) is 0.988. The second-order valence-electron chi connectivity index (χ2n) is 5.73. The zero-order chi connectivity index (χ0) is 15.9. The molecule has 6 heteroatoms. The first-order chi connectivity index (χ1) is 10.6. The van der Waals surface area contributed by atoms with Gasteiger partial charge in [-0.15, -0.1) is 12.4 Å². The third-order valence-electron chi connectivity index (χ3n) is 4.01. The van der Waals surface area contributed by atoms with Crippen molar-refractivity contribution < 1.29 is 19.4 Å². The molecule has 1 aromatic rings. The minimum absolute atomic E-state index is 0. The molecule has 0 spiro atoms. The third kappa shape index (κ3) is 6.28. The molecule has 0 unspecified atom stereocenters. The van der Waals surface area contributed by atoms with Gasteiger partial charge in [-0.1, -0.05) is 0 Å². The molecule has 1 aliphatic carbocycles. The highest BCUT2D eigenvalue weighted by Gasteiger charge is 2.29. The van der Waals surface area contributed by atoms with Gasteiger partial charge in [0.05, 0.1) is 14.2 Å². The lowest BCUT2D eigenvalue weighted by Crippen LogP contribution is -2.27. The van der Waals surface area contributed by atoms with Crippen LogP contribution in [0.15, 0.2) is 18.2 Å². The van der Waals surface area contributed by atoms with Crippen LogP contribution in [0.5, 0.6) is 11.5 Å². The lowest BCUT2D eigenvalue weighted by Gasteiger charge is -2.23. The monoisotopic (exact) mass is 343 g/mol. The summed E-state index contributed by atoms with van der Waals surface area (Å²) >= 11 is 0. The van der Waals surface area contributed by atoms with Crippen LogP contribution in [0.1, 0.15) is 37.7 Å². The molecule has 1 N–H and O–H groups in total. The molecule has 1 aromatic carbocycles. The molecule has 1 fully saturated rings. The fourth-order valence-electron chi connectivity index (χ4n) is 2.65. The molecule has 5 nitrogen and oxygen atoms in total. The van der Waals surface area contributed by atoms with Crippen LogP contribution in [0.25, 0.3) is 0 Å². The topological polar surface area (TPSA) is 59.0 Å². The average Bonchev–Trinajstić information content (AvgIpc) is 3.34. The normalized spacial score (nSPS) is 13.5. The summed E-state index contributed by atoms with van der Waals surface area (Å²) in [5.41, 5.74) is 1.12. The lowest BCUT2D eigenvalue weighted by atomic mass is 10.1. The van der Waals surface area contributed by atoms with Gasteiger partial charge in [-0.05, 0) is 50.4 Å². The second kappa shape index (κ2) is 9.63. The van der Waals surface area contributed by atoms with Gasteiger partial charge in [-0.3, -0.25) is 9.69 Å². The van der Waals surface area contributed by atoms with E-state index < -0.39 is 5.97 Å². The van der Waals surface area contributed by atoms with E-state index >= 15 is 0 Å². The van der Waals surface area contributed by atoms with Gasteiger partial charge in [0.25, 0.3) is 0 Å². The van der Waals surface area contributed by atoms with E-state index in [0.717, 1.165) is 43.0 Å². The number of methoxy groups -OCH3 is 2. The first-order valence-electron chi connectivity index (χ1n) is 7.80. The quantitative estimate of drug-likeness (QED) is 0.660. The van der Waals surface area contributed by atoms with Crippen molar-refractivity contribution in [3.63, 3.8) is 0 Å². The highest BCUT2D eigenvalue weighted by molar-refractivity contribution is 5.85. The van der Waals surface area contributed by atoms with Crippen LogP contribution in [-0.2, 0) is 11.3 Å². The Balaban J connectivity index is 0.00000264.